The first-order valence-corrected chi connectivity index (χ1v) is 9.19. The van der Waals surface area contributed by atoms with Gasteiger partial charge in [0.05, 0.1) is 13.2 Å². The summed E-state index contributed by atoms with van der Waals surface area (Å²) in [7, 11) is 3.58. The summed E-state index contributed by atoms with van der Waals surface area (Å²) in [5.74, 6) is 0.907. The predicted octanol–water partition coefficient (Wildman–Crippen LogP) is 0.988. The minimum absolute atomic E-state index is 0.0382. The Hall–Kier alpha value is -0.860. The second-order valence-corrected chi connectivity index (χ2v) is 6.40. The smallest absolute Gasteiger partial charge is 0.125 e. The van der Waals surface area contributed by atoms with Crippen molar-refractivity contribution in [3.63, 3.8) is 0 Å². The Bertz CT molecular complexity index is 275. The van der Waals surface area contributed by atoms with Crippen LogP contribution in [0.25, 0.3) is 0 Å². The number of nitrogens with zero attached hydrogens (tertiary/aromatic N) is 1. The molecule has 0 aromatic rings. The monoisotopic (exact) mass is 380 g/mol. The molecule has 0 aliphatic rings. The van der Waals surface area contributed by atoms with Crippen molar-refractivity contribution in [3.8, 4) is 0 Å². The number of carbonyl (C=O) groups excluding carboxylic acids is 1. The molecular weight excluding hydrogens is 336 g/mol. The fourth-order valence-corrected chi connectivity index (χ4v) is 0.887. The second kappa shape index (κ2) is 28.9. The van der Waals surface area contributed by atoms with Gasteiger partial charge in [-0.05, 0) is 25.4 Å². The van der Waals surface area contributed by atoms with Crippen LogP contribution < -0.4 is 5.32 Å². The minimum atomic E-state index is -0.190. The maximum Gasteiger partial charge on any atom is 0.125 e. The van der Waals surface area contributed by atoms with Crippen molar-refractivity contribution in [2.24, 2.45) is 28.7 Å². The molecule has 160 valence electrons. The van der Waals surface area contributed by atoms with E-state index in [9.17, 15) is 4.79 Å². The van der Waals surface area contributed by atoms with E-state index in [2.05, 4.69) is 17.2 Å². The van der Waals surface area contributed by atoms with Gasteiger partial charge in [-0.15, -0.1) is 0 Å². The highest BCUT2D eigenvalue weighted by Gasteiger charge is 1.93. The third kappa shape index (κ3) is 38.6. The summed E-state index contributed by atoms with van der Waals surface area (Å²) in [6.45, 7) is 11.3. The van der Waals surface area contributed by atoms with Crippen LogP contribution in [0, 0.1) is 23.7 Å². The molecule has 0 aliphatic carbocycles. The van der Waals surface area contributed by atoms with E-state index in [4.69, 9.17) is 20.4 Å². The van der Waals surface area contributed by atoms with Crippen molar-refractivity contribution in [1.82, 2.24) is 5.32 Å². The number of nitrogens with one attached hydrogen (secondary N) is 1. The summed E-state index contributed by atoms with van der Waals surface area (Å²) in [6.07, 6.45) is 3.52. The average Bonchev–Trinajstić information content (AvgIpc) is 2.68. The van der Waals surface area contributed by atoms with Crippen LogP contribution in [0.2, 0.25) is 0 Å². The highest BCUT2D eigenvalue weighted by Crippen LogP contribution is 1.95. The van der Waals surface area contributed by atoms with Crippen LogP contribution in [0.4, 0.5) is 0 Å². The van der Waals surface area contributed by atoms with Gasteiger partial charge in [0.2, 0.25) is 0 Å². The summed E-state index contributed by atoms with van der Waals surface area (Å²) in [5, 5.41) is 36.2. The van der Waals surface area contributed by atoms with E-state index >= 15 is 0 Å². The molecule has 0 heterocycles. The van der Waals surface area contributed by atoms with Crippen LogP contribution in [0.5, 0.6) is 0 Å². The molecule has 0 aromatic carbocycles. The summed E-state index contributed by atoms with van der Waals surface area (Å²) >= 11 is 0. The fraction of sp³-hybridized carbons (Fsp3) is 0.895. The molecule has 7 heteroatoms. The number of aliphatic imine (C=N–C) groups is 1. The van der Waals surface area contributed by atoms with Gasteiger partial charge in [0, 0.05) is 38.3 Å². The van der Waals surface area contributed by atoms with E-state index < -0.39 is 0 Å². The summed E-state index contributed by atoms with van der Waals surface area (Å²) in [5.41, 5.74) is 0. The highest BCUT2D eigenvalue weighted by atomic mass is 16.3. The molecule has 4 atom stereocenters. The molecule has 0 bridgehead atoms. The van der Waals surface area contributed by atoms with Crippen LogP contribution in [0.1, 0.15) is 41.0 Å². The number of aliphatic hydroxyl groups excluding tert-OH is 4. The molecule has 0 spiro atoms. The Morgan fingerprint density at radius 2 is 1.35 bits per heavy atom. The van der Waals surface area contributed by atoms with Gasteiger partial charge in [-0.1, -0.05) is 41.0 Å². The Kier molecular flexibility index (Phi) is 36.5. The Morgan fingerprint density at radius 3 is 1.42 bits per heavy atom. The van der Waals surface area contributed by atoms with Gasteiger partial charge < -0.3 is 35.5 Å². The molecule has 4 unspecified atom stereocenters. The number of aliphatic hydroxyl groups is 4. The Morgan fingerprint density at radius 1 is 0.885 bits per heavy atom. The lowest BCUT2D eigenvalue weighted by molar-refractivity contribution is -0.111. The highest BCUT2D eigenvalue weighted by molar-refractivity contribution is 5.59. The zero-order chi connectivity index (χ0) is 21.4. The van der Waals surface area contributed by atoms with Crippen molar-refractivity contribution in [3.05, 3.63) is 0 Å². The van der Waals surface area contributed by atoms with E-state index in [-0.39, 0.29) is 31.7 Å². The van der Waals surface area contributed by atoms with Gasteiger partial charge in [-0.3, -0.25) is 0 Å². The molecule has 0 radical (unpaired) electrons. The quantitative estimate of drug-likeness (QED) is 0.300. The summed E-state index contributed by atoms with van der Waals surface area (Å²) in [4.78, 5) is 13.3. The van der Waals surface area contributed by atoms with Gasteiger partial charge in [0.15, 0.2) is 0 Å². The molecule has 26 heavy (non-hydrogen) atoms. The largest absolute Gasteiger partial charge is 0.396 e. The maximum absolute atomic E-state index is 9.58. The van der Waals surface area contributed by atoms with Crippen molar-refractivity contribution >= 4 is 12.5 Å². The second-order valence-electron chi connectivity index (χ2n) is 6.40. The number of hydrogen-bond donors (Lipinski definition) is 5. The Balaban J connectivity index is -0.000000124. The van der Waals surface area contributed by atoms with Gasteiger partial charge in [0.1, 0.15) is 6.29 Å². The van der Waals surface area contributed by atoms with Crippen molar-refractivity contribution < 1.29 is 25.2 Å². The van der Waals surface area contributed by atoms with Crippen LogP contribution in [0.3, 0.4) is 0 Å². The molecular formula is C19H44N2O5. The first-order valence-electron chi connectivity index (χ1n) is 9.19. The van der Waals surface area contributed by atoms with Crippen LogP contribution >= 0.6 is 0 Å². The van der Waals surface area contributed by atoms with Gasteiger partial charge in [-0.2, -0.15) is 0 Å². The van der Waals surface area contributed by atoms with Crippen LogP contribution in [-0.2, 0) is 4.79 Å². The first kappa shape index (κ1) is 32.8. The SMILES string of the molecule is CC(C=O)CO.CCC(C)CO.CN=CC(C)CO.CNCC(C)CO. The third-order valence-corrected chi connectivity index (χ3v) is 3.08. The molecule has 0 aromatic heterocycles. The molecule has 0 aliphatic heterocycles. The normalized spacial score (nSPS) is 14.4. The van der Waals surface area contributed by atoms with Crippen molar-refractivity contribution in [1.29, 1.82) is 0 Å². The predicted molar refractivity (Wildman–Crippen MR) is 110 cm³/mol. The van der Waals surface area contributed by atoms with E-state index in [1.807, 2.05) is 27.8 Å². The molecule has 0 fully saturated rings. The molecule has 0 amide bonds. The number of rotatable bonds is 9. The van der Waals surface area contributed by atoms with Crippen LogP contribution in [-0.4, -0.2) is 80.0 Å². The van der Waals surface area contributed by atoms with E-state index in [1.165, 1.54) is 0 Å². The molecule has 5 N–H and O–H groups in total. The summed E-state index contributed by atoms with van der Waals surface area (Å²) < 4.78 is 0. The van der Waals surface area contributed by atoms with E-state index in [1.54, 1.807) is 20.2 Å². The van der Waals surface area contributed by atoms with Crippen molar-refractivity contribution in [2.75, 3.05) is 47.1 Å². The minimum Gasteiger partial charge on any atom is -0.396 e. The number of hydrogen-bond acceptors (Lipinski definition) is 7. The van der Waals surface area contributed by atoms with Gasteiger partial charge in [-0.25, -0.2) is 0 Å². The van der Waals surface area contributed by atoms with Gasteiger partial charge in [0.25, 0.3) is 0 Å². The molecule has 0 rings (SSSR count). The van der Waals surface area contributed by atoms with Gasteiger partial charge >= 0.3 is 0 Å². The standard InChI is InChI=1S/C5H13NO.C5H11NO.C5H12O.C4H8O2/c2*1-5(4-7)3-6-2;1-3-5(2)4-6;1-4(2-5)3-6/h5-7H,3-4H2,1-2H3;3,5,7H,4H2,1-2H3;5-6H,3-4H2,1-2H3;2,4,6H,3H2,1H3. The Labute approximate surface area is 160 Å². The average molecular weight is 381 g/mol. The number of aldehydes is 1. The van der Waals surface area contributed by atoms with E-state index in [0.717, 1.165) is 19.3 Å². The molecule has 0 saturated heterocycles. The maximum atomic E-state index is 9.58. The third-order valence-electron chi connectivity index (χ3n) is 3.08. The lowest BCUT2D eigenvalue weighted by Gasteiger charge is -2.03. The van der Waals surface area contributed by atoms with Crippen LogP contribution in [0.15, 0.2) is 4.99 Å². The first-order chi connectivity index (χ1) is 12.2. The molecule has 7 nitrogen and oxygen atoms in total. The lowest BCUT2D eigenvalue weighted by atomic mass is 10.1. The lowest BCUT2D eigenvalue weighted by Crippen LogP contribution is -2.18. The molecule has 0 saturated carbocycles. The summed E-state index contributed by atoms with van der Waals surface area (Å²) in [6, 6.07) is 0. The fourth-order valence-electron chi connectivity index (χ4n) is 0.887. The number of carbonyl (C=O) groups is 1. The zero-order valence-electron chi connectivity index (χ0n) is 17.9. The topological polar surface area (TPSA) is 122 Å². The van der Waals surface area contributed by atoms with Crippen molar-refractivity contribution in [2.45, 2.75) is 41.0 Å². The van der Waals surface area contributed by atoms with E-state index in [0.29, 0.717) is 18.4 Å². The zero-order valence-corrected chi connectivity index (χ0v) is 17.9.